The van der Waals surface area contributed by atoms with Crippen molar-refractivity contribution in [1.82, 2.24) is 4.90 Å². The summed E-state index contributed by atoms with van der Waals surface area (Å²) in [4.78, 5) is 24.7. The molecule has 0 aliphatic carbocycles. The summed E-state index contributed by atoms with van der Waals surface area (Å²) in [5, 5.41) is 8.95. The molecule has 0 spiro atoms. The van der Waals surface area contributed by atoms with Crippen molar-refractivity contribution in [2.75, 3.05) is 6.54 Å². The summed E-state index contributed by atoms with van der Waals surface area (Å²) in [6, 6.07) is -0.527. The highest BCUT2D eigenvalue weighted by molar-refractivity contribution is 5.82. The summed E-state index contributed by atoms with van der Waals surface area (Å²) < 4.78 is 0. The van der Waals surface area contributed by atoms with Crippen molar-refractivity contribution in [2.24, 2.45) is 17.6 Å². The smallest absolute Gasteiger partial charge is 0.306 e. The van der Waals surface area contributed by atoms with E-state index in [-0.39, 0.29) is 23.8 Å². The van der Waals surface area contributed by atoms with Crippen LogP contribution >= 0.6 is 0 Å². The SMILES string of the molecule is CC(C)C(N)C(=O)N1CCC(C(=O)O)CC1C. The second-order valence-corrected chi connectivity index (χ2v) is 5.21. The third-order valence-electron chi connectivity index (χ3n) is 3.51. The molecule has 1 fully saturated rings. The van der Waals surface area contributed by atoms with E-state index in [9.17, 15) is 9.59 Å². The van der Waals surface area contributed by atoms with E-state index in [1.807, 2.05) is 20.8 Å². The first kappa shape index (κ1) is 14.0. The zero-order valence-corrected chi connectivity index (χ0v) is 10.7. The molecule has 1 aliphatic rings. The molecule has 17 heavy (non-hydrogen) atoms. The Morgan fingerprint density at radius 1 is 1.41 bits per heavy atom. The van der Waals surface area contributed by atoms with E-state index in [0.717, 1.165) is 0 Å². The molecule has 98 valence electrons. The van der Waals surface area contributed by atoms with Gasteiger partial charge in [0.1, 0.15) is 0 Å². The largest absolute Gasteiger partial charge is 0.481 e. The van der Waals surface area contributed by atoms with Crippen LogP contribution in [0.15, 0.2) is 0 Å². The third-order valence-corrected chi connectivity index (χ3v) is 3.51. The lowest BCUT2D eigenvalue weighted by atomic mass is 9.90. The molecule has 0 saturated carbocycles. The van der Waals surface area contributed by atoms with Crippen LogP contribution in [0.25, 0.3) is 0 Å². The van der Waals surface area contributed by atoms with Crippen molar-refractivity contribution in [2.45, 2.75) is 45.7 Å². The van der Waals surface area contributed by atoms with Crippen LogP contribution in [0.1, 0.15) is 33.6 Å². The monoisotopic (exact) mass is 242 g/mol. The fraction of sp³-hybridized carbons (Fsp3) is 0.833. The molecule has 0 aromatic heterocycles. The second kappa shape index (κ2) is 5.49. The van der Waals surface area contributed by atoms with Crippen LogP contribution in [-0.4, -0.2) is 40.5 Å². The Bertz CT molecular complexity index is 304. The third kappa shape index (κ3) is 3.19. The van der Waals surface area contributed by atoms with Crippen LogP contribution in [0.4, 0.5) is 0 Å². The van der Waals surface area contributed by atoms with E-state index in [1.54, 1.807) is 4.90 Å². The first-order valence-corrected chi connectivity index (χ1v) is 6.13. The van der Waals surface area contributed by atoms with Crippen molar-refractivity contribution in [3.05, 3.63) is 0 Å². The number of nitrogens with two attached hydrogens (primary N) is 1. The average molecular weight is 242 g/mol. The normalized spacial score (nSPS) is 27.0. The van der Waals surface area contributed by atoms with Crippen LogP contribution < -0.4 is 5.73 Å². The molecule has 1 saturated heterocycles. The van der Waals surface area contributed by atoms with Crippen LogP contribution in [0, 0.1) is 11.8 Å². The molecule has 1 heterocycles. The molecular weight excluding hydrogens is 220 g/mol. The van der Waals surface area contributed by atoms with Gasteiger partial charge in [0.05, 0.1) is 12.0 Å². The number of carbonyl (C=O) groups excluding carboxylic acids is 1. The standard InChI is InChI=1S/C12H22N2O3/c1-7(2)10(13)11(15)14-5-4-9(12(16)17)6-8(14)3/h7-10H,4-6,13H2,1-3H3,(H,16,17). The number of rotatable bonds is 3. The molecule has 0 radical (unpaired) electrons. The fourth-order valence-corrected chi connectivity index (χ4v) is 2.20. The van der Waals surface area contributed by atoms with Crippen LogP contribution in [0.5, 0.6) is 0 Å². The first-order chi connectivity index (χ1) is 7.84. The Labute approximate surface area is 102 Å². The number of aliphatic carboxylic acids is 1. The minimum atomic E-state index is -0.767. The van der Waals surface area contributed by atoms with Crippen molar-refractivity contribution < 1.29 is 14.7 Å². The van der Waals surface area contributed by atoms with E-state index in [1.165, 1.54) is 0 Å². The summed E-state index contributed by atoms with van der Waals surface area (Å²) in [5.41, 5.74) is 5.84. The molecule has 1 aliphatic heterocycles. The summed E-state index contributed by atoms with van der Waals surface area (Å²) in [7, 11) is 0. The number of piperidine rings is 1. The quantitative estimate of drug-likeness (QED) is 0.762. The molecule has 3 atom stereocenters. The van der Waals surface area contributed by atoms with Crippen molar-refractivity contribution >= 4 is 11.9 Å². The Kier molecular flexibility index (Phi) is 4.51. The second-order valence-electron chi connectivity index (χ2n) is 5.21. The van der Waals surface area contributed by atoms with E-state index >= 15 is 0 Å². The molecule has 5 nitrogen and oxygen atoms in total. The van der Waals surface area contributed by atoms with Crippen molar-refractivity contribution in [1.29, 1.82) is 0 Å². The zero-order valence-electron chi connectivity index (χ0n) is 10.7. The summed E-state index contributed by atoms with van der Waals surface area (Å²) in [6.45, 7) is 6.21. The number of hydrogen-bond donors (Lipinski definition) is 2. The van der Waals surface area contributed by atoms with Crippen LogP contribution in [-0.2, 0) is 9.59 Å². The van der Waals surface area contributed by atoms with Gasteiger partial charge in [-0.15, -0.1) is 0 Å². The van der Waals surface area contributed by atoms with E-state index < -0.39 is 12.0 Å². The molecule has 1 amide bonds. The number of carboxylic acid groups (broad SMARTS) is 1. The van der Waals surface area contributed by atoms with Gasteiger partial charge in [-0.25, -0.2) is 0 Å². The highest BCUT2D eigenvalue weighted by Gasteiger charge is 2.34. The molecule has 3 unspecified atom stereocenters. The van der Waals surface area contributed by atoms with Crippen LogP contribution in [0.3, 0.4) is 0 Å². The van der Waals surface area contributed by atoms with Gasteiger partial charge in [-0.05, 0) is 25.7 Å². The number of carbonyl (C=O) groups is 2. The van der Waals surface area contributed by atoms with Gasteiger partial charge in [0.25, 0.3) is 0 Å². The number of hydrogen-bond acceptors (Lipinski definition) is 3. The van der Waals surface area contributed by atoms with Gasteiger partial charge in [0, 0.05) is 12.6 Å². The van der Waals surface area contributed by atoms with Gasteiger partial charge in [-0.2, -0.15) is 0 Å². The van der Waals surface area contributed by atoms with Crippen molar-refractivity contribution in [3.63, 3.8) is 0 Å². The predicted molar refractivity (Wildman–Crippen MR) is 64.3 cm³/mol. The number of amides is 1. The Hall–Kier alpha value is -1.10. The molecule has 5 heteroatoms. The lowest BCUT2D eigenvalue weighted by Gasteiger charge is -2.38. The van der Waals surface area contributed by atoms with Gasteiger partial charge >= 0.3 is 5.97 Å². The minimum Gasteiger partial charge on any atom is -0.481 e. The van der Waals surface area contributed by atoms with Gasteiger partial charge in [-0.3, -0.25) is 9.59 Å². The highest BCUT2D eigenvalue weighted by Crippen LogP contribution is 2.24. The molecule has 3 N–H and O–H groups in total. The van der Waals surface area contributed by atoms with Crippen molar-refractivity contribution in [3.8, 4) is 0 Å². The van der Waals surface area contributed by atoms with E-state index in [4.69, 9.17) is 10.8 Å². The maximum absolute atomic E-state index is 12.1. The molecule has 0 aromatic rings. The maximum Gasteiger partial charge on any atom is 0.306 e. The topological polar surface area (TPSA) is 83.6 Å². The Morgan fingerprint density at radius 3 is 2.41 bits per heavy atom. The van der Waals surface area contributed by atoms with Crippen LogP contribution in [0.2, 0.25) is 0 Å². The lowest BCUT2D eigenvalue weighted by molar-refractivity contribution is -0.148. The Morgan fingerprint density at radius 2 is 2.00 bits per heavy atom. The average Bonchev–Trinajstić information content (AvgIpc) is 2.26. The van der Waals surface area contributed by atoms with Gasteiger partial charge in [0.15, 0.2) is 0 Å². The zero-order chi connectivity index (χ0) is 13.2. The fourth-order valence-electron chi connectivity index (χ4n) is 2.20. The Balaban J connectivity index is 2.63. The van der Waals surface area contributed by atoms with Gasteiger partial charge < -0.3 is 15.7 Å². The minimum absolute atomic E-state index is 0.0397. The lowest BCUT2D eigenvalue weighted by Crippen LogP contribution is -2.53. The number of nitrogens with zero attached hydrogens (tertiary/aromatic N) is 1. The molecule has 0 aromatic carbocycles. The van der Waals surface area contributed by atoms with Gasteiger partial charge in [-0.1, -0.05) is 13.8 Å². The molecule has 0 bridgehead atoms. The summed E-state index contributed by atoms with van der Waals surface area (Å²) >= 11 is 0. The highest BCUT2D eigenvalue weighted by atomic mass is 16.4. The maximum atomic E-state index is 12.1. The molecular formula is C12H22N2O3. The summed E-state index contributed by atoms with van der Waals surface area (Å²) in [6.07, 6.45) is 1.04. The molecule has 1 rings (SSSR count). The summed E-state index contributed by atoms with van der Waals surface area (Å²) in [5.74, 6) is -1.05. The first-order valence-electron chi connectivity index (χ1n) is 6.13. The predicted octanol–water partition coefficient (Wildman–Crippen LogP) is 0.681. The number of carboxylic acids is 1. The number of likely N-dealkylation sites (tertiary alicyclic amines) is 1. The van der Waals surface area contributed by atoms with E-state index in [2.05, 4.69) is 0 Å². The van der Waals surface area contributed by atoms with E-state index in [0.29, 0.717) is 19.4 Å². The van der Waals surface area contributed by atoms with Gasteiger partial charge in [0.2, 0.25) is 5.91 Å².